The zero-order valence-corrected chi connectivity index (χ0v) is 21.5. The monoisotopic (exact) mass is 496 g/mol. The summed E-state index contributed by atoms with van der Waals surface area (Å²) in [6.07, 6.45) is 9.12. The van der Waals surface area contributed by atoms with Gasteiger partial charge in [-0.1, -0.05) is 30.3 Å². The van der Waals surface area contributed by atoms with Gasteiger partial charge in [0.2, 0.25) is 15.9 Å². The number of para-hydroxylation sites is 1. The molecule has 2 aromatic rings. The third-order valence-corrected chi connectivity index (χ3v) is 9.38. The predicted molar refractivity (Wildman–Crippen MR) is 138 cm³/mol. The van der Waals surface area contributed by atoms with E-state index in [0.717, 1.165) is 35.3 Å². The Morgan fingerprint density at radius 1 is 1.00 bits per heavy atom. The van der Waals surface area contributed by atoms with Crippen LogP contribution in [0.4, 0.5) is 5.69 Å². The van der Waals surface area contributed by atoms with E-state index in [0.29, 0.717) is 12.3 Å². The molecule has 0 saturated heterocycles. The minimum absolute atomic E-state index is 0.258. The van der Waals surface area contributed by atoms with E-state index >= 15 is 0 Å². The maximum atomic E-state index is 12.8. The summed E-state index contributed by atoms with van der Waals surface area (Å²) in [5, 5.41) is 2.85. The average Bonchev–Trinajstić information content (AvgIpc) is 2.81. The highest BCUT2D eigenvalue weighted by Gasteiger charge is 2.51. The van der Waals surface area contributed by atoms with Gasteiger partial charge in [0.25, 0.3) is 0 Å². The minimum atomic E-state index is -3.62. The van der Waals surface area contributed by atoms with Crippen LogP contribution in [-0.2, 0) is 26.8 Å². The van der Waals surface area contributed by atoms with Crippen LogP contribution in [0.25, 0.3) is 0 Å². The van der Waals surface area contributed by atoms with Gasteiger partial charge in [0, 0.05) is 12.1 Å². The number of rotatable bonds is 9. The molecule has 188 valence electrons. The molecule has 35 heavy (non-hydrogen) atoms. The van der Waals surface area contributed by atoms with E-state index in [1.807, 2.05) is 43.3 Å². The van der Waals surface area contributed by atoms with Gasteiger partial charge in [-0.15, -0.1) is 0 Å². The van der Waals surface area contributed by atoms with Gasteiger partial charge >= 0.3 is 0 Å². The topological polar surface area (TPSA) is 75.7 Å². The number of carbonyl (C=O) groups excluding carboxylic acids is 1. The first kappa shape index (κ1) is 24.2. The van der Waals surface area contributed by atoms with Gasteiger partial charge in [0.05, 0.1) is 18.6 Å². The lowest BCUT2D eigenvalue weighted by Gasteiger charge is -2.57. The first-order chi connectivity index (χ1) is 16.8. The minimum Gasteiger partial charge on any atom is -0.494 e. The largest absolute Gasteiger partial charge is 0.494 e. The Balaban J connectivity index is 1.28. The van der Waals surface area contributed by atoms with E-state index in [1.54, 1.807) is 0 Å². The maximum Gasteiger partial charge on any atom is 0.241 e. The van der Waals surface area contributed by atoms with Crippen LogP contribution in [0.3, 0.4) is 0 Å². The van der Waals surface area contributed by atoms with Crippen molar-refractivity contribution in [2.75, 3.05) is 23.7 Å². The molecule has 0 spiro atoms. The van der Waals surface area contributed by atoms with E-state index in [1.165, 1.54) is 48.4 Å². The number of ether oxygens (including phenoxy) is 1. The number of amides is 1. The molecular weight excluding hydrogens is 460 g/mol. The summed E-state index contributed by atoms with van der Waals surface area (Å²) in [6, 6.07) is 15.5. The van der Waals surface area contributed by atoms with Gasteiger partial charge in [0.15, 0.2) is 0 Å². The molecule has 0 aliphatic heterocycles. The molecule has 6 nitrogen and oxygen atoms in total. The van der Waals surface area contributed by atoms with Crippen LogP contribution in [0, 0.1) is 17.8 Å². The molecule has 4 aliphatic rings. The van der Waals surface area contributed by atoms with Crippen molar-refractivity contribution in [1.29, 1.82) is 0 Å². The van der Waals surface area contributed by atoms with Crippen molar-refractivity contribution in [2.24, 2.45) is 17.8 Å². The second-order valence-electron chi connectivity index (χ2n) is 10.8. The first-order valence-electron chi connectivity index (χ1n) is 12.8. The number of sulfonamides is 1. The summed E-state index contributed by atoms with van der Waals surface area (Å²) < 4.78 is 32.0. The second-order valence-corrected chi connectivity index (χ2v) is 12.7. The number of nitrogens with one attached hydrogen (secondary N) is 1. The van der Waals surface area contributed by atoms with Crippen molar-refractivity contribution in [3.63, 3.8) is 0 Å². The quantitative estimate of drug-likeness (QED) is 0.549. The summed E-state index contributed by atoms with van der Waals surface area (Å²) >= 11 is 0. The summed E-state index contributed by atoms with van der Waals surface area (Å²) in [4.78, 5) is 12.8. The lowest BCUT2D eigenvalue weighted by molar-refractivity contribution is -0.119. The number of hydrogen-bond acceptors (Lipinski definition) is 4. The van der Waals surface area contributed by atoms with Gasteiger partial charge in [0.1, 0.15) is 12.3 Å². The first-order valence-corrected chi connectivity index (χ1v) is 14.7. The average molecular weight is 497 g/mol. The number of carbonyl (C=O) groups is 1. The maximum absolute atomic E-state index is 12.8. The highest BCUT2D eigenvalue weighted by atomic mass is 32.2. The molecule has 7 heteroatoms. The Kier molecular flexibility index (Phi) is 6.55. The standard InChI is InChI=1S/C28H36N2O4S/c1-3-34-26-7-5-4-6-23(26)18-29-27(31)19-30(35(2,32)33)25-10-8-24(9-11-25)28-15-20-12-21(16-28)14-22(13-20)17-28/h4-11,20-22H,3,12-19H2,1-2H3,(H,29,31). The van der Waals surface area contributed by atoms with E-state index in [4.69, 9.17) is 4.74 Å². The van der Waals surface area contributed by atoms with Crippen LogP contribution in [0.15, 0.2) is 48.5 Å². The fraction of sp³-hybridized carbons (Fsp3) is 0.536. The Morgan fingerprint density at radius 3 is 2.17 bits per heavy atom. The van der Waals surface area contributed by atoms with Crippen molar-refractivity contribution in [2.45, 2.75) is 57.4 Å². The normalized spacial score (nSPS) is 27.0. The molecule has 0 atom stereocenters. The van der Waals surface area contributed by atoms with Gasteiger partial charge in [-0.3, -0.25) is 9.10 Å². The molecule has 4 fully saturated rings. The highest BCUT2D eigenvalue weighted by molar-refractivity contribution is 7.92. The molecule has 0 radical (unpaired) electrons. The van der Waals surface area contributed by atoms with Crippen molar-refractivity contribution < 1.29 is 17.9 Å². The molecule has 4 aliphatic carbocycles. The van der Waals surface area contributed by atoms with Crippen molar-refractivity contribution in [3.05, 3.63) is 59.7 Å². The summed E-state index contributed by atoms with van der Waals surface area (Å²) in [6.45, 7) is 2.46. The van der Waals surface area contributed by atoms with E-state index in [2.05, 4.69) is 17.4 Å². The molecule has 1 amide bonds. The smallest absolute Gasteiger partial charge is 0.241 e. The SMILES string of the molecule is CCOc1ccccc1CNC(=O)CN(c1ccc(C23CC4CC(CC(C4)C2)C3)cc1)S(C)(=O)=O. The predicted octanol–water partition coefficient (Wildman–Crippen LogP) is 4.64. The van der Waals surface area contributed by atoms with Crippen LogP contribution >= 0.6 is 0 Å². The Bertz CT molecular complexity index is 1140. The van der Waals surface area contributed by atoms with E-state index < -0.39 is 10.0 Å². The van der Waals surface area contributed by atoms with Crippen LogP contribution in [0.2, 0.25) is 0 Å². The molecule has 0 heterocycles. The van der Waals surface area contributed by atoms with Crippen LogP contribution < -0.4 is 14.4 Å². The summed E-state index contributed by atoms with van der Waals surface area (Å²) in [5.74, 6) is 2.92. The molecule has 4 bridgehead atoms. The van der Waals surface area contributed by atoms with E-state index in [-0.39, 0.29) is 24.4 Å². The summed E-state index contributed by atoms with van der Waals surface area (Å²) in [5.41, 5.74) is 2.99. The molecular formula is C28H36N2O4S. The third-order valence-electron chi connectivity index (χ3n) is 8.24. The van der Waals surface area contributed by atoms with Crippen molar-refractivity contribution in [3.8, 4) is 5.75 Å². The van der Waals surface area contributed by atoms with Crippen molar-refractivity contribution >= 4 is 21.6 Å². The summed E-state index contributed by atoms with van der Waals surface area (Å²) in [7, 11) is -3.62. The Hall–Kier alpha value is -2.54. The van der Waals surface area contributed by atoms with E-state index in [9.17, 15) is 13.2 Å². The number of nitrogens with zero attached hydrogens (tertiary/aromatic N) is 1. The number of anilines is 1. The van der Waals surface area contributed by atoms with Gasteiger partial charge in [-0.25, -0.2) is 8.42 Å². The molecule has 1 N–H and O–H groups in total. The lowest BCUT2D eigenvalue weighted by Crippen LogP contribution is -2.48. The number of hydrogen-bond donors (Lipinski definition) is 1. The lowest BCUT2D eigenvalue weighted by atomic mass is 9.48. The highest BCUT2D eigenvalue weighted by Crippen LogP contribution is 2.60. The van der Waals surface area contributed by atoms with Gasteiger partial charge in [-0.05, 0) is 92.4 Å². The van der Waals surface area contributed by atoms with Crippen LogP contribution in [-0.4, -0.2) is 33.7 Å². The van der Waals surface area contributed by atoms with Crippen LogP contribution in [0.5, 0.6) is 5.75 Å². The van der Waals surface area contributed by atoms with Gasteiger partial charge < -0.3 is 10.1 Å². The Labute approximate surface area is 209 Å². The zero-order valence-electron chi connectivity index (χ0n) is 20.7. The fourth-order valence-corrected chi connectivity index (χ4v) is 8.03. The second kappa shape index (κ2) is 9.49. The number of benzene rings is 2. The molecule has 0 aromatic heterocycles. The van der Waals surface area contributed by atoms with Gasteiger partial charge in [-0.2, -0.15) is 0 Å². The van der Waals surface area contributed by atoms with Crippen LogP contribution in [0.1, 0.15) is 56.6 Å². The Morgan fingerprint density at radius 2 is 1.60 bits per heavy atom. The molecule has 0 unspecified atom stereocenters. The molecule has 2 aromatic carbocycles. The fourth-order valence-electron chi connectivity index (χ4n) is 7.17. The molecule has 4 saturated carbocycles. The molecule has 6 rings (SSSR count). The zero-order chi connectivity index (χ0) is 24.6. The van der Waals surface area contributed by atoms with Crippen molar-refractivity contribution in [1.82, 2.24) is 5.32 Å². The third kappa shape index (κ3) is 5.06.